The fraction of sp³-hybridized carbons (Fsp3) is 0.750. The first-order valence-corrected chi connectivity index (χ1v) is 7.61. The third-order valence-corrected chi connectivity index (χ3v) is 3.01. The molecule has 1 aromatic heterocycles. The lowest BCUT2D eigenvalue weighted by Gasteiger charge is -2.22. The number of hydrogen-bond acceptors (Lipinski definition) is 4. The van der Waals surface area contributed by atoms with Crippen molar-refractivity contribution in [3.63, 3.8) is 0 Å². The molecule has 20 heavy (non-hydrogen) atoms. The zero-order valence-electron chi connectivity index (χ0n) is 14.1. The Bertz CT molecular complexity index is 433. The van der Waals surface area contributed by atoms with Crippen molar-refractivity contribution in [3.8, 4) is 0 Å². The highest BCUT2D eigenvalue weighted by Gasteiger charge is 2.15. The monoisotopic (exact) mass is 278 g/mol. The summed E-state index contributed by atoms with van der Waals surface area (Å²) in [6, 6.07) is 0. The van der Waals surface area contributed by atoms with E-state index in [4.69, 9.17) is 0 Å². The van der Waals surface area contributed by atoms with Gasteiger partial charge in [-0.1, -0.05) is 41.5 Å². The number of aromatic nitrogens is 2. The van der Waals surface area contributed by atoms with Crippen LogP contribution in [0.2, 0.25) is 0 Å². The molecule has 2 N–H and O–H groups in total. The Morgan fingerprint density at radius 3 is 2.05 bits per heavy atom. The Morgan fingerprint density at radius 2 is 1.60 bits per heavy atom. The molecule has 0 aliphatic heterocycles. The molecular formula is C16H30N4. The van der Waals surface area contributed by atoms with E-state index in [0.717, 1.165) is 42.5 Å². The predicted molar refractivity (Wildman–Crippen MR) is 87.6 cm³/mol. The lowest BCUT2D eigenvalue weighted by atomic mass is 9.97. The van der Waals surface area contributed by atoms with Crippen LogP contribution in [-0.2, 0) is 0 Å². The van der Waals surface area contributed by atoms with Crippen LogP contribution in [0.15, 0.2) is 0 Å². The molecule has 0 aliphatic carbocycles. The summed E-state index contributed by atoms with van der Waals surface area (Å²) in [6.45, 7) is 17.0. The maximum Gasteiger partial charge on any atom is 0.135 e. The molecule has 114 valence electrons. The summed E-state index contributed by atoms with van der Waals surface area (Å²) in [6.07, 6.45) is 1.09. The maximum absolute atomic E-state index is 4.68. The molecule has 0 unspecified atom stereocenters. The van der Waals surface area contributed by atoms with Crippen molar-refractivity contribution in [1.29, 1.82) is 0 Å². The smallest absolute Gasteiger partial charge is 0.135 e. The first kappa shape index (κ1) is 16.7. The topological polar surface area (TPSA) is 49.8 Å². The van der Waals surface area contributed by atoms with Gasteiger partial charge >= 0.3 is 0 Å². The predicted octanol–water partition coefficient (Wildman–Crippen LogP) is 4.19. The molecule has 0 atom stereocenters. The van der Waals surface area contributed by atoms with Gasteiger partial charge in [-0.15, -0.1) is 0 Å². The van der Waals surface area contributed by atoms with Crippen molar-refractivity contribution < 1.29 is 0 Å². The van der Waals surface area contributed by atoms with E-state index in [0.29, 0.717) is 5.92 Å². The average molecular weight is 278 g/mol. The molecular weight excluding hydrogens is 248 g/mol. The van der Waals surface area contributed by atoms with Crippen LogP contribution in [0.4, 0.5) is 11.6 Å². The molecule has 0 saturated carbocycles. The van der Waals surface area contributed by atoms with Crippen LogP contribution < -0.4 is 10.6 Å². The van der Waals surface area contributed by atoms with Gasteiger partial charge in [0, 0.05) is 24.6 Å². The van der Waals surface area contributed by atoms with Gasteiger partial charge in [0.15, 0.2) is 0 Å². The van der Waals surface area contributed by atoms with E-state index in [1.165, 1.54) is 0 Å². The van der Waals surface area contributed by atoms with Crippen molar-refractivity contribution in [2.75, 3.05) is 23.7 Å². The number of nitrogens with one attached hydrogen (secondary N) is 2. The zero-order chi connectivity index (χ0) is 15.3. The molecule has 0 amide bonds. The zero-order valence-corrected chi connectivity index (χ0v) is 14.1. The van der Waals surface area contributed by atoms with Crippen molar-refractivity contribution >= 4 is 11.6 Å². The summed E-state index contributed by atoms with van der Waals surface area (Å²) in [4.78, 5) is 9.33. The van der Waals surface area contributed by atoms with Gasteiger partial charge in [-0.25, -0.2) is 9.97 Å². The van der Waals surface area contributed by atoms with E-state index in [9.17, 15) is 0 Å². The van der Waals surface area contributed by atoms with E-state index in [1.54, 1.807) is 0 Å². The van der Waals surface area contributed by atoms with Gasteiger partial charge < -0.3 is 10.6 Å². The normalized spacial score (nSPS) is 11.8. The molecule has 0 aromatic carbocycles. The van der Waals surface area contributed by atoms with E-state index in [1.807, 2.05) is 0 Å². The van der Waals surface area contributed by atoms with Gasteiger partial charge in [0.25, 0.3) is 0 Å². The van der Waals surface area contributed by atoms with Crippen molar-refractivity contribution in [2.45, 2.75) is 60.8 Å². The first-order chi connectivity index (χ1) is 9.24. The fourth-order valence-electron chi connectivity index (χ4n) is 1.73. The summed E-state index contributed by atoms with van der Waals surface area (Å²) >= 11 is 0. The molecule has 1 heterocycles. The lowest BCUT2D eigenvalue weighted by Crippen LogP contribution is -2.21. The molecule has 0 fully saturated rings. The minimum absolute atomic E-state index is 0.229. The van der Waals surface area contributed by atoms with E-state index < -0.39 is 0 Å². The van der Waals surface area contributed by atoms with Crippen molar-refractivity contribution in [2.24, 2.45) is 5.41 Å². The SMILES string of the molecule is CCCNc1nc(C(C)C)nc(NCC(C)(C)C)c1C. The summed E-state index contributed by atoms with van der Waals surface area (Å²) in [5.74, 6) is 3.14. The Morgan fingerprint density at radius 1 is 1.05 bits per heavy atom. The Kier molecular flexibility index (Phi) is 5.78. The Balaban J connectivity index is 3.04. The highest BCUT2D eigenvalue weighted by molar-refractivity contribution is 5.57. The van der Waals surface area contributed by atoms with E-state index in [-0.39, 0.29) is 5.41 Å². The molecule has 0 saturated heterocycles. The number of anilines is 2. The van der Waals surface area contributed by atoms with Gasteiger partial charge in [0.1, 0.15) is 17.5 Å². The quantitative estimate of drug-likeness (QED) is 0.819. The van der Waals surface area contributed by atoms with Gasteiger partial charge in [-0.3, -0.25) is 0 Å². The summed E-state index contributed by atoms with van der Waals surface area (Å²) in [5, 5.41) is 6.88. The minimum atomic E-state index is 0.229. The third-order valence-electron chi connectivity index (χ3n) is 3.01. The Hall–Kier alpha value is -1.32. The number of hydrogen-bond donors (Lipinski definition) is 2. The molecule has 1 aromatic rings. The van der Waals surface area contributed by atoms with E-state index in [2.05, 4.69) is 69.1 Å². The molecule has 4 nitrogen and oxygen atoms in total. The molecule has 0 bridgehead atoms. The van der Waals surface area contributed by atoms with Crippen LogP contribution in [-0.4, -0.2) is 23.1 Å². The van der Waals surface area contributed by atoms with Crippen LogP contribution in [0.25, 0.3) is 0 Å². The third kappa shape index (κ3) is 4.99. The van der Waals surface area contributed by atoms with Gasteiger partial charge in [0.05, 0.1) is 0 Å². The van der Waals surface area contributed by atoms with Crippen LogP contribution in [0.5, 0.6) is 0 Å². The average Bonchev–Trinajstić information content (AvgIpc) is 2.34. The summed E-state index contributed by atoms with van der Waals surface area (Å²) < 4.78 is 0. The highest BCUT2D eigenvalue weighted by Crippen LogP contribution is 2.24. The molecule has 0 radical (unpaired) electrons. The van der Waals surface area contributed by atoms with Crippen LogP contribution in [0.3, 0.4) is 0 Å². The van der Waals surface area contributed by atoms with Gasteiger partial charge in [0.2, 0.25) is 0 Å². The molecule has 1 rings (SSSR count). The standard InChI is InChI=1S/C16H30N4/c1-8-9-17-14-12(4)15(18-10-16(5,6)7)20-13(19-14)11(2)3/h11H,8-10H2,1-7H3,(H2,17,18,19,20). The fourth-order valence-corrected chi connectivity index (χ4v) is 1.73. The molecule has 0 spiro atoms. The second-order valence-corrected chi connectivity index (χ2v) is 6.90. The van der Waals surface area contributed by atoms with Crippen molar-refractivity contribution in [3.05, 3.63) is 11.4 Å². The summed E-state index contributed by atoms with van der Waals surface area (Å²) in [7, 11) is 0. The number of nitrogens with zero attached hydrogens (tertiary/aromatic N) is 2. The highest BCUT2D eigenvalue weighted by atomic mass is 15.1. The number of rotatable bonds is 6. The molecule has 4 heteroatoms. The van der Waals surface area contributed by atoms with Crippen LogP contribution in [0.1, 0.15) is 65.3 Å². The summed E-state index contributed by atoms with van der Waals surface area (Å²) in [5.41, 5.74) is 1.33. The van der Waals surface area contributed by atoms with Gasteiger partial charge in [-0.05, 0) is 18.8 Å². The lowest BCUT2D eigenvalue weighted by molar-refractivity contribution is 0.442. The minimum Gasteiger partial charge on any atom is -0.370 e. The van der Waals surface area contributed by atoms with Gasteiger partial charge in [-0.2, -0.15) is 0 Å². The van der Waals surface area contributed by atoms with Crippen LogP contribution >= 0.6 is 0 Å². The van der Waals surface area contributed by atoms with Crippen molar-refractivity contribution in [1.82, 2.24) is 9.97 Å². The van der Waals surface area contributed by atoms with E-state index >= 15 is 0 Å². The van der Waals surface area contributed by atoms with Crippen LogP contribution in [0, 0.1) is 12.3 Å². The maximum atomic E-state index is 4.68. The Labute approximate surface area is 123 Å². The molecule has 0 aliphatic rings. The first-order valence-electron chi connectivity index (χ1n) is 7.61. The second kappa shape index (κ2) is 6.91. The largest absolute Gasteiger partial charge is 0.370 e. The second-order valence-electron chi connectivity index (χ2n) is 6.90.